The first kappa shape index (κ1) is 32.9. The summed E-state index contributed by atoms with van der Waals surface area (Å²) in [6.45, 7) is 21.1. The quantitative estimate of drug-likeness (QED) is 0.133. The zero-order valence-corrected chi connectivity index (χ0v) is 33.5. The van der Waals surface area contributed by atoms with Crippen LogP contribution in [0.5, 0.6) is 0 Å². The monoisotopic (exact) mass is 710 g/mol. The van der Waals surface area contributed by atoms with Crippen LogP contribution in [0.15, 0.2) is 115 Å². The molecule has 0 amide bonds. The molecule has 11 rings (SSSR count). The molecule has 0 spiro atoms. The average Bonchev–Trinajstić information content (AvgIpc) is 3.49. The topological polar surface area (TPSA) is 17.0 Å². The maximum absolute atomic E-state index is 4.11. The van der Waals surface area contributed by atoms with Crippen LogP contribution in [0.25, 0.3) is 70.9 Å². The van der Waals surface area contributed by atoms with Gasteiger partial charge in [0.15, 0.2) is 0 Å². The van der Waals surface area contributed by atoms with Gasteiger partial charge in [0.2, 0.25) is 0 Å². The molecule has 2 aliphatic heterocycles. The van der Waals surface area contributed by atoms with E-state index in [2.05, 4.69) is 187 Å². The molecule has 0 radical (unpaired) electrons. The maximum Gasteiger partial charge on any atom is 0.252 e. The summed E-state index contributed by atoms with van der Waals surface area (Å²) in [5, 5.41) is 14.9. The Balaban J connectivity index is 1.35. The van der Waals surface area contributed by atoms with E-state index < -0.39 is 0 Å². The summed E-state index contributed by atoms with van der Waals surface area (Å²) in [6.07, 6.45) is 0. The first-order valence-electron chi connectivity index (χ1n) is 20.1. The SMILES string of the molecule is CC(C)(C)c1cccc(-c2cc(C(C)(C)C)cc3c2Nc2cccc4c2B3c2c3ccc5cccc6ccc(c3c56)c3c5ccc(C(C)(C)C)cc5n-4c23)c1. The molecule has 1 N–H and O–H groups in total. The maximum atomic E-state index is 4.11. The zero-order chi connectivity index (χ0) is 37.9. The van der Waals surface area contributed by atoms with E-state index in [0.29, 0.717) is 0 Å². The van der Waals surface area contributed by atoms with Gasteiger partial charge in [-0.15, -0.1) is 0 Å². The molecular formula is C52H47BN2. The largest absolute Gasteiger partial charge is 0.356 e. The number of fused-ring (bicyclic) bond motifs is 9. The van der Waals surface area contributed by atoms with Gasteiger partial charge in [0, 0.05) is 33.4 Å². The van der Waals surface area contributed by atoms with Gasteiger partial charge in [-0.05, 0) is 111 Å². The fourth-order valence-electron chi connectivity index (χ4n) is 10.1. The normalized spacial score (nSPS) is 14.0. The average molecular weight is 711 g/mol. The van der Waals surface area contributed by atoms with Gasteiger partial charge in [0.25, 0.3) is 6.71 Å². The Morgan fingerprint density at radius 3 is 1.89 bits per heavy atom. The Labute approximate surface area is 324 Å². The molecule has 55 heavy (non-hydrogen) atoms. The van der Waals surface area contributed by atoms with Gasteiger partial charge in [-0.25, -0.2) is 0 Å². The summed E-state index contributed by atoms with van der Waals surface area (Å²) in [4.78, 5) is 0. The molecule has 2 aliphatic rings. The van der Waals surface area contributed by atoms with E-state index >= 15 is 0 Å². The molecule has 1 aromatic heterocycles. The van der Waals surface area contributed by atoms with Crippen molar-refractivity contribution in [3.05, 3.63) is 132 Å². The lowest BCUT2D eigenvalue weighted by atomic mass is 9.33. The second-order valence-electron chi connectivity index (χ2n) is 19.5. The molecular weight excluding hydrogens is 663 g/mol. The number of aromatic nitrogens is 1. The minimum atomic E-state index is -0.0455. The minimum Gasteiger partial charge on any atom is -0.356 e. The molecule has 0 fully saturated rings. The van der Waals surface area contributed by atoms with Crippen LogP contribution in [-0.4, -0.2) is 11.3 Å². The van der Waals surface area contributed by atoms with E-state index in [1.54, 1.807) is 0 Å². The smallest absolute Gasteiger partial charge is 0.252 e. The summed E-state index contributed by atoms with van der Waals surface area (Å²) < 4.78 is 2.63. The fourth-order valence-corrected chi connectivity index (χ4v) is 10.1. The number of benzene rings is 8. The van der Waals surface area contributed by atoms with Gasteiger partial charge in [-0.2, -0.15) is 0 Å². The van der Waals surface area contributed by atoms with Gasteiger partial charge in [0.1, 0.15) is 0 Å². The predicted octanol–water partition coefficient (Wildman–Crippen LogP) is 12.1. The number of hydrogen-bond acceptors (Lipinski definition) is 1. The third-order valence-corrected chi connectivity index (χ3v) is 13.0. The number of anilines is 2. The van der Waals surface area contributed by atoms with Crippen molar-refractivity contribution in [2.45, 2.75) is 78.6 Å². The van der Waals surface area contributed by atoms with Gasteiger partial charge in [-0.3, -0.25) is 0 Å². The standard InChI is InChI=1S/C52H47BN2/c1-50(2,3)32-16-11-15-31(25-32)38-26-34(52(7,8)9)27-39-48(38)54-40-17-12-18-41-47(40)53(39)46-37-23-20-30-14-10-13-29-19-22-36(44(37)43(29)30)45-35-24-21-33(51(4,5)6)28-42(35)55(41)49(45)46/h10-28,54H,1-9H3. The minimum absolute atomic E-state index is 0.0234. The molecule has 3 heterocycles. The summed E-state index contributed by atoms with van der Waals surface area (Å²) in [7, 11) is 0. The molecule has 0 bridgehead atoms. The lowest BCUT2D eigenvalue weighted by Gasteiger charge is -2.37. The van der Waals surface area contributed by atoms with Gasteiger partial charge < -0.3 is 9.88 Å². The predicted molar refractivity (Wildman–Crippen MR) is 240 cm³/mol. The number of nitrogens with one attached hydrogen (secondary N) is 1. The van der Waals surface area contributed by atoms with Crippen molar-refractivity contribution in [3.63, 3.8) is 0 Å². The van der Waals surface area contributed by atoms with Crippen molar-refractivity contribution in [2.75, 3.05) is 5.32 Å². The fraction of sp³-hybridized carbons (Fsp3) is 0.231. The van der Waals surface area contributed by atoms with E-state index in [1.165, 1.54) is 115 Å². The highest BCUT2D eigenvalue weighted by atomic mass is 15.0. The van der Waals surface area contributed by atoms with E-state index in [1.807, 2.05) is 0 Å². The Morgan fingerprint density at radius 1 is 0.509 bits per heavy atom. The van der Waals surface area contributed by atoms with Gasteiger partial charge in [-0.1, -0.05) is 153 Å². The molecule has 2 nitrogen and oxygen atoms in total. The van der Waals surface area contributed by atoms with Gasteiger partial charge in [0.05, 0.1) is 11.0 Å². The molecule has 0 unspecified atom stereocenters. The first-order chi connectivity index (χ1) is 26.2. The third kappa shape index (κ3) is 4.44. The van der Waals surface area contributed by atoms with Crippen molar-refractivity contribution in [1.29, 1.82) is 0 Å². The molecule has 9 aromatic rings. The van der Waals surface area contributed by atoms with Crippen LogP contribution < -0.4 is 21.7 Å². The van der Waals surface area contributed by atoms with E-state index in [0.717, 1.165) is 0 Å². The van der Waals surface area contributed by atoms with Crippen molar-refractivity contribution in [3.8, 4) is 16.8 Å². The Morgan fingerprint density at radius 2 is 1.16 bits per heavy atom. The lowest BCUT2D eigenvalue weighted by Crippen LogP contribution is -2.59. The number of hydrogen-bond donors (Lipinski definition) is 1. The van der Waals surface area contributed by atoms with Crippen molar-refractivity contribution < 1.29 is 0 Å². The molecule has 3 heteroatoms. The summed E-state index contributed by atoms with van der Waals surface area (Å²) >= 11 is 0. The van der Waals surface area contributed by atoms with E-state index in [4.69, 9.17) is 0 Å². The summed E-state index contributed by atoms with van der Waals surface area (Å²) in [5.74, 6) is 0. The van der Waals surface area contributed by atoms with Crippen LogP contribution in [0.4, 0.5) is 11.4 Å². The van der Waals surface area contributed by atoms with Crippen LogP contribution in [0.1, 0.15) is 79.0 Å². The van der Waals surface area contributed by atoms with Crippen LogP contribution in [0.3, 0.4) is 0 Å². The highest BCUT2D eigenvalue weighted by Gasteiger charge is 2.42. The molecule has 0 aliphatic carbocycles. The summed E-state index contributed by atoms with van der Waals surface area (Å²) in [6, 6.07) is 44.8. The highest BCUT2D eigenvalue weighted by Crippen LogP contribution is 2.46. The second kappa shape index (κ2) is 10.6. The number of rotatable bonds is 1. The van der Waals surface area contributed by atoms with Gasteiger partial charge >= 0.3 is 0 Å². The van der Waals surface area contributed by atoms with Crippen LogP contribution >= 0.6 is 0 Å². The Bertz CT molecular complexity index is 3100. The van der Waals surface area contributed by atoms with Crippen LogP contribution in [0.2, 0.25) is 0 Å². The van der Waals surface area contributed by atoms with Crippen LogP contribution in [0, 0.1) is 0 Å². The third-order valence-electron chi connectivity index (χ3n) is 13.0. The van der Waals surface area contributed by atoms with E-state index in [-0.39, 0.29) is 23.0 Å². The zero-order valence-electron chi connectivity index (χ0n) is 33.5. The molecule has 0 saturated carbocycles. The van der Waals surface area contributed by atoms with E-state index in [9.17, 15) is 0 Å². The molecule has 8 aromatic carbocycles. The van der Waals surface area contributed by atoms with Crippen molar-refractivity contribution in [2.24, 2.45) is 0 Å². The molecule has 0 atom stereocenters. The molecule has 268 valence electrons. The molecule has 0 saturated heterocycles. The summed E-state index contributed by atoms with van der Waals surface area (Å²) in [5.41, 5.74) is 17.2. The lowest BCUT2D eigenvalue weighted by molar-refractivity contribution is 0.589. The number of nitrogens with zero attached hydrogens (tertiary/aromatic N) is 1. The highest BCUT2D eigenvalue weighted by molar-refractivity contribution is 7.02. The van der Waals surface area contributed by atoms with Crippen LogP contribution in [-0.2, 0) is 16.2 Å². The van der Waals surface area contributed by atoms with Crippen molar-refractivity contribution in [1.82, 2.24) is 4.57 Å². The first-order valence-corrected chi connectivity index (χ1v) is 20.1. The Hall–Kier alpha value is -5.54. The second-order valence-corrected chi connectivity index (χ2v) is 19.5. The van der Waals surface area contributed by atoms with Crippen molar-refractivity contribution >= 4 is 88.6 Å². The Kier molecular flexibility index (Phi) is 6.34.